The number of hydrogen-bond acceptors (Lipinski definition) is 5. The lowest BCUT2D eigenvalue weighted by Crippen LogP contribution is -2.03. The van der Waals surface area contributed by atoms with Crippen molar-refractivity contribution < 1.29 is 4.74 Å². The van der Waals surface area contributed by atoms with Gasteiger partial charge in [0.15, 0.2) is 5.16 Å². The summed E-state index contributed by atoms with van der Waals surface area (Å²) in [5.41, 5.74) is 4.93. The van der Waals surface area contributed by atoms with Gasteiger partial charge < -0.3 is 9.30 Å². The maximum absolute atomic E-state index is 5.56. The number of para-hydroxylation sites is 1. The van der Waals surface area contributed by atoms with Crippen LogP contribution in [0.1, 0.15) is 11.5 Å². The number of aryl methyl sites for hydroxylation is 2. The molecule has 0 unspecified atom stereocenters. The number of aromatic nitrogens is 5. The second-order valence-corrected chi connectivity index (χ2v) is 8.08. The first-order valence-electron chi connectivity index (χ1n) is 9.67. The maximum atomic E-state index is 5.56. The van der Waals surface area contributed by atoms with Crippen LogP contribution in [0, 0.1) is 6.92 Å². The van der Waals surface area contributed by atoms with Crippen LogP contribution in [0.2, 0.25) is 0 Å². The summed E-state index contributed by atoms with van der Waals surface area (Å²) >= 11 is 1.65. The Kier molecular flexibility index (Phi) is 4.67. The van der Waals surface area contributed by atoms with Crippen LogP contribution >= 0.6 is 11.8 Å². The average molecular weight is 416 g/mol. The molecule has 0 radical (unpaired) electrons. The highest BCUT2D eigenvalue weighted by Gasteiger charge is 2.15. The van der Waals surface area contributed by atoms with Crippen molar-refractivity contribution in [3.8, 4) is 17.0 Å². The Morgan fingerprint density at radius 2 is 1.87 bits per heavy atom. The van der Waals surface area contributed by atoms with E-state index in [2.05, 4.69) is 40.1 Å². The number of nitrogens with zero attached hydrogens (tertiary/aromatic N) is 5. The minimum Gasteiger partial charge on any atom is -0.494 e. The standard InChI is InChI=1S/C23H21N5OS/c1-15-12-19-17-10-7-11-20(29-3)22(17)25-21(28(19)26-15)14-30-23-24-18(13-27(23)2)16-8-5-4-6-9-16/h4-13H,14H2,1-3H3. The van der Waals surface area contributed by atoms with Gasteiger partial charge in [-0.15, -0.1) is 0 Å². The van der Waals surface area contributed by atoms with Gasteiger partial charge in [0.2, 0.25) is 0 Å². The fraction of sp³-hybridized carbons (Fsp3) is 0.174. The van der Waals surface area contributed by atoms with Crippen molar-refractivity contribution in [2.24, 2.45) is 7.05 Å². The molecule has 7 heteroatoms. The summed E-state index contributed by atoms with van der Waals surface area (Å²) in [6.45, 7) is 2.00. The summed E-state index contributed by atoms with van der Waals surface area (Å²) in [5, 5.41) is 6.65. The molecule has 0 aliphatic rings. The van der Waals surface area contributed by atoms with Crippen LogP contribution in [-0.2, 0) is 12.8 Å². The lowest BCUT2D eigenvalue weighted by molar-refractivity contribution is 0.418. The van der Waals surface area contributed by atoms with Gasteiger partial charge in [0.25, 0.3) is 0 Å². The number of methoxy groups -OCH3 is 1. The Hall–Kier alpha value is -3.32. The quantitative estimate of drug-likeness (QED) is 0.383. The van der Waals surface area contributed by atoms with E-state index < -0.39 is 0 Å². The summed E-state index contributed by atoms with van der Waals surface area (Å²) in [5.74, 6) is 2.28. The topological polar surface area (TPSA) is 57.2 Å². The molecular weight excluding hydrogens is 394 g/mol. The highest BCUT2D eigenvalue weighted by molar-refractivity contribution is 7.98. The number of ether oxygens (including phenoxy) is 1. The highest BCUT2D eigenvalue weighted by Crippen LogP contribution is 2.31. The molecule has 0 amide bonds. The van der Waals surface area contributed by atoms with Gasteiger partial charge in [-0.2, -0.15) is 5.10 Å². The molecule has 2 aromatic carbocycles. The predicted octanol–water partition coefficient (Wildman–Crippen LogP) is 4.89. The number of benzene rings is 2. The summed E-state index contributed by atoms with van der Waals surface area (Å²) in [7, 11) is 3.70. The van der Waals surface area contributed by atoms with Gasteiger partial charge in [0.1, 0.15) is 17.1 Å². The van der Waals surface area contributed by atoms with E-state index >= 15 is 0 Å². The van der Waals surface area contributed by atoms with Gasteiger partial charge in [-0.25, -0.2) is 14.5 Å². The zero-order valence-electron chi connectivity index (χ0n) is 17.0. The second-order valence-electron chi connectivity index (χ2n) is 7.14. The van der Waals surface area contributed by atoms with Crippen LogP contribution in [0.4, 0.5) is 0 Å². The van der Waals surface area contributed by atoms with Crippen molar-refractivity contribution in [2.45, 2.75) is 17.8 Å². The summed E-state index contributed by atoms with van der Waals surface area (Å²) in [4.78, 5) is 9.73. The molecule has 0 N–H and O–H groups in total. The zero-order valence-corrected chi connectivity index (χ0v) is 17.8. The molecule has 150 valence electrons. The zero-order chi connectivity index (χ0) is 20.7. The van der Waals surface area contributed by atoms with Crippen LogP contribution in [0.3, 0.4) is 0 Å². The predicted molar refractivity (Wildman–Crippen MR) is 120 cm³/mol. The van der Waals surface area contributed by atoms with E-state index in [4.69, 9.17) is 14.7 Å². The lowest BCUT2D eigenvalue weighted by Gasteiger charge is -2.10. The summed E-state index contributed by atoms with van der Waals surface area (Å²) < 4.78 is 9.55. The average Bonchev–Trinajstić information content (AvgIpc) is 3.34. The first-order valence-corrected chi connectivity index (χ1v) is 10.7. The Bertz CT molecular complexity index is 1360. The van der Waals surface area contributed by atoms with Crippen molar-refractivity contribution >= 4 is 28.2 Å². The number of rotatable bonds is 5. The fourth-order valence-electron chi connectivity index (χ4n) is 3.63. The largest absolute Gasteiger partial charge is 0.494 e. The molecule has 0 atom stereocenters. The number of thioether (sulfide) groups is 1. The van der Waals surface area contributed by atoms with Crippen molar-refractivity contribution in [2.75, 3.05) is 7.11 Å². The first-order chi connectivity index (χ1) is 14.6. The molecule has 0 saturated heterocycles. The smallest absolute Gasteiger partial charge is 0.168 e. The molecule has 6 nitrogen and oxygen atoms in total. The SMILES string of the molecule is COc1cccc2c1nc(CSc1nc(-c3ccccc3)cn1C)n1nc(C)cc21. The Balaban J connectivity index is 1.53. The molecule has 0 spiro atoms. The van der Waals surface area contributed by atoms with E-state index in [0.29, 0.717) is 5.75 Å². The molecule has 30 heavy (non-hydrogen) atoms. The van der Waals surface area contributed by atoms with E-state index in [1.165, 1.54) is 0 Å². The van der Waals surface area contributed by atoms with Crippen molar-refractivity contribution in [3.05, 3.63) is 72.3 Å². The van der Waals surface area contributed by atoms with Crippen molar-refractivity contribution in [1.29, 1.82) is 0 Å². The van der Waals surface area contributed by atoms with Gasteiger partial charge in [0, 0.05) is 24.2 Å². The molecule has 0 aliphatic carbocycles. The summed E-state index contributed by atoms with van der Waals surface area (Å²) in [6.07, 6.45) is 2.06. The van der Waals surface area contributed by atoms with E-state index in [1.54, 1.807) is 18.9 Å². The molecule has 0 bridgehead atoms. The third-order valence-corrected chi connectivity index (χ3v) is 6.09. The van der Waals surface area contributed by atoms with Crippen LogP contribution < -0.4 is 4.74 Å². The fourth-order valence-corrected chi connectivity index (χ4v) is 4.49. The van der Waals surface area contributed by atoms with Crippen LogP contribution in [-0.4, -0.2) is 31.3 Å². The Morgan fingerprint density at radius 1 is 1.03 bits per heavy atom. The Morgan fingerprint density at radius 3 is 2.67 bits per heavy atom. The molecule has 0 saturated carbocycles. The molecule has 5 rings (SSSR count). The summed E-state index contributed by atoms with van der Waals surface area (Å²) in [6, 6.07) is 18.3. The first kappa shape index (κ1) is 18.7. The minimum atomic E-state index is 0.644. The van der Waals surface area contributed by atoms with Gasteiger partial charge in [0.05, 0.1) is 29.8 Å². The number of imidazole rings is 1. The van der Waals surface area contributed by atoms with E-state index in [9.17, 15) is 0 Å². The third kappa shape index (κ3) is 3.21. The van der Waals surface area contributed by atoms with Crippen LogP contribution in [0.25, 0.3) is 27.7 Å². The monoisotopic (exact) mass is 415 g/mol. The van der Waals surface area contributed by atoms with Crippen LogP contribution in [0.15, 0.2) is 66.0 Å². The second kappa shape index (κ2) is 7.50. The normalized spacial score (nSPS) is 11.4. The van der Waals surface area contributed by atoms with Gasteiger partial charge in [-0.3, -0.25) is 0 Å². The molecule has 3 heterocycles. The molecule has 0 aliphatic heterocycles. The van der Waals surface area contributed by atoms with Gasteiger partial charge in [-0.05, 0) is 19.1 Å². The minimum absolute atomic E-state index is 0.644. The van der Waals surface area contributed by atoms with E-state index in [0.717, 1.165) is 50.1 Å². The highest BCUT2D eigenvalue weighted by atomic mass is 32.2. The maximum Gasteiger partial charge on any atom is 0.168 e. The number of fused-ring (bicyclic) bond motifs is 3. The lowest BCUT2D eigenvalue weighted by atomic mass is 10.2. The molecule has 3 aromatic heterocycles. The Labute approximate surface area is 178 Å². The van der Waals surface area contributed by atoms with Crippen molar-refractivity contribution in [3.63, 3.8) is 0 Å². The van der Waals surface area contributed by atoms with E-state index in [1.807, 2.05) is 48.8 Å². The van der Waals surface area contributed by atoms with E-state index in [-0.39, 0.29) is 0 Å². The molecular formula is C23H21N5OS. The molecule has 0 fully saturated rings. The van der Waals surface area contributed by atoms with Crippen molar-refractivity contribution in [1.82, 2.24) is 24.1 Å². The molecule has 5 aromatic rings. The van der Waals surface area contributed by atoms with Gasteiger partial charge >= 0.3 is 0 Å². The third-order valence-electron chi connectivity index (χ3n) is 5.05. The number of hydrogen-bond donors (Lipinski definition) is 0. The van der Waals surface area contributed by atoms with Crippen LogP contribution in [0.5, 0.6) is 5.75 Å². The van der Waals surface area contributed by atoms with Gasteiger partial charge in [-0.1, -0.05) is 54.2 Å².